The van der Waals surface area contributed by atoms with Crippen LogP contribution in [0.3, 0.4) is 0 Å². The van der Waals surface area contributed by atoms with Gasteiger partial charge in [0.25, 0.3) is 0 Å². The molecule has 3 N–H and O–H groups in total. The molecule has 102 valence electrons. The fraction of sp³-hybridized carbons (Fsp3) is 0.538. The summed E-state index contributed by atoms with van der Waals surface area (Å²) in [5.41, 5.74) is 0.977. The lowest BCUT2D eigenvalue weighted by Gasteiger charge is -2.11. The number of methoxy groups -OCH3 is 2. The lowest BCUT2D eigenvalue weighted by Crippen LogP contribution is -2.15. The standard InChI is InChI=1S/C13H21NO4/c1-17-11-7-10(8-12(18-2)13(11)16)9-14-5-3-4-6-15/h7-8,14-16H,3-6,9H2,1-2H3. The van der Waals surface area contributed by atoms with Crippen LogP contribution in [0.4, 0.5) is 0 Å². The second-order valence-corrected chi connectivity index (χ2v) is 3.96. The summed E-state index contributed by atoms with van der Waals surface area (Å²) in [6.07, 6.45) is 1.73. The first-order valence-electron chi connectivity index (χ1n) is 5.98. The van der Waals surface area contributed by atoms with Gasteiger partial charge >= 0.3 is 0 Å². The first-order chi connectivity index (χ1) is 8.72. The molecule has 0 bridgehead atoms. The van der Waals surface area contributed by atoms with Crippen molar-refractivity contribution in [3.8, 4) is 17.2 Å². The van der Waals surface area contributed by atoms with Gasteiger partial charge in [-0.3, -0.25) is 0 Å². The Kier molecular flexibility index (Phi) is 6.32. The van der Waals surface area contributed by atoms with E-state index in [1.807, 2.05) is 0 Å². The Balaban J connectivity index is 2.60. The molecule has 0 aliphatic carbocycles. The van der Waals surface area contributed by atoms with Crippen molar-refractivity contribution in [2.75, 3.05) is 27.4 Å². The molecule has 5 heteroatoms. The van der Waals surface area contributed by atoms with Gasteiger partial charge in [0, 0.05) is 13.2 Å². The lowest BCUT2D eigenvalue weighted by atomic mass is 10.1. The molecule has 1 rings (SSSR count). The van der Waals surface area contributed by atoms with Crippen LogP contribution < -0.4 is 14.8 Å². The van der Waals surface area contributed by atoms with E-state index in [0.717, 1.165) is 24.9 Å². The van der Waals surface area contributed by atoms with Gasteiger partial charge in [-0.25, -0.2) is 0 Å². The quantitative estimate of drug-likeness (QED) is 0.610. The second kappa shape index (κ2) is 7.79. The van der Waals surface area contributed by atoms with Crippen LogP contribution in [0.2, 0.25) is 0 Å². The Morgan fingerprint density at radius 3 is 2.22 bits per heavy atom. The van der Waals surface area contributed by atoms with E-state index in [2.05, 4.69) is 5.32 Å². The van der Waals surface area contributed by atoms with Crippen molar-refractivity contribution >= 4 is 0 Å². The number of rotatable bonds is 8. The Bertz CT molecular complexity index is 343. The van der Waals surface area contributed by atoms with Crippen molar-refractivity contribution in [1.82, 2.24) is 5.32 Å². The first-order valence-corrected chi connectivity index (χ1v) is 5.98. The highest BCUT2D eigenvalue weighted by Gasteiger charge is 2.10. The number of ether oxygens (including phenoxy) is 2. The number of aliphatic hydroxyl groups is 1. The van der Waals surface area contributed by atoms with E-state index < -0.39 is 0 Å². The highest BCUT2D eigenvalue weighted by molar-refractivity contribution is 5.52. The molecule has 0 aromatic heterocycles. The van der Waals surface area contributed by atoms with Crippen molar-refractivity contribution in [3.05, 3.63) is 17.7 Å². The van der Waals surface area contributed by atoms with E-state index in [9.17, 15) is 5.11 Å². The summed E-state index contributed by atoms with van der Waals surface area (Å²) >= 11 is 0. The molecule has 0 saturated carbocycles. The molecule has 0 saturated heterocycles. The number of phenolic OH excluding ortho intramolecular Hbond substituents is 1. The van der Waals surface area contributed by atoms with E-state index in [0.29, 0.717) is 18.0 Å². The summed E-state index contributed by atoms with van der Waals surface area (Å²) < 4.78 is 10.2. The van der Waals surface area contributed by atoms with Crippen LogP contribution in [0.1, 0.15) is 18.4 Å². The molecule has 1 aromatic carbocycles. The van der Waals surface area contributed by atoms with Crippen LogP contribution in [-0.4, -0.2) is 37.6 Å². The van der Waals surface area contributed by atoms with Crippen LogP contribution in [0.15, 0.2) is 12.1 Å². The van der Waals surface area contributed by atoms with Crippen LogP contribution in [0.25, 0.3) is 0 Å². The molecule has 0 amide bonds. The van der Waals surface area contributed by atoms with Gasteiger partial charge in [-0.05, 0) is 37.1 Å². The van der Waals surface area contributed by atoms with Gasteiger partial charge in [0.05, 0.1) is 14.2 Å². The number of unbranched alkanes of at least 4 members (excludes halogenated alkanes) is 1. The smallest absolute Gasteiger partial charge is 0.200 e. The molecule has 0 aliphatic heterocycles. The van der Waals surface area contributed by atoms with Crippen molar-refractivity contribution in [2.24, 2.45) is 0 Å². The van der Waals surface area contributed by atoms with Crippen molar-refractivity contribution in [2.45, 2.75) is 19.4 Å². The third-order valence-electron chi connectivity index (χ3n) is 2.63. The number of phenols is 1. The first kappa shape index (κ1) is 14.6. The zero-order valence-electron chi connectivity index (χ0n) is 10.9. The van der Waals surface area contributed by atoms with Gasteiger partial charge in [0.15, 0.2) is 11.5 Å². The van der Waals surface area contributed by atoms with E-state index in [1.54, 1.807) is 12.1 Å². The Labute approximate surface area is 107 Å². The van der Waals surface area contributed by atoms with Gasteiger partial charge in [0.2, 0.25) is 5.75 Å². The SMILES string of the molecule is COc1cc(CNCCCCO)cc(OC)c1O. The molecule has 0 heterocycles. The summed E-state index contributed by atoms with van der Waals surface area (Å²) in [6, 6.07) is 3.55. The molecule has 0 aliphatic rings. The zero-order valence-corrected chi connectivity index (χ0v) is 10.9. The summed E-state index contributed by atoms with van der Waals surface area (Å²) in [7, 11) is 3.01. The maximum Gasteiger partial charge on any atom is 0.200 e. The monoisotopic (exact) mass is 255 g/mol. The van der Waals surface area contributed by atoms with E-state index in [4.69, 9.17) is 14.6 Å². The molecule has 0 radical (unpaired) electrons. The third-order valence-corrected chi connectivity index (χ3v) is 2.63. The van der Waals surface area contributed by atoms with Crippen LogP contribution in [0.5, 0.6) is 17.2 Å². The minimum absolute atomic E-state index is 0.0176. The van der Waals surface area contributed by atoms with Gasteiger partial charge in [0.1, 0.15) is 0 Å². The summed E-state index contributed by atoms with van der Waals surface area (Å²) in [5.74, 6) is 0.826. The molecule has 0 atom stereocenters. The Hall–Kier alpha value is -1.46. The van der Waals surface area contributed by atoms with Gasteiger partial charge in [-0.15, -0.1) is 0 Å². The molecule has 0 spiro atoms. The van der Waals surface area contributed by atoms with Crippen LogP contribution in [0, 0.1) is 0 Å². The number of benzene rings is 1. The molecule has 18 heavy (non-hydrogen) atoms. The maximum absolute atomic E-state index is 9.76. The molecule has 5 nitrogen and oxygen atoms in total. The molecule has 0 unspecified atom stereocenters. The molecular formula is C13H21NO4. The van der Waals surface area contributed by atoms with Crippen LogP contribution in [-0.2, 0) is 6.54 Å². The fourth-order valence-electron chi connectivity index (χ4n) is 1.64. The molecule has 0 fully saturated rings. The second-order valence-electron chi connectivity index (χ2n) is 3.96. The molecule has 1 aromatic rings. The Morgan fingerprint density at radius 2 is 1.72 bits per heavy atom. The summed E-state index contributed by atoms with van der Waals surface area (Å²) in [5, 5.41) is 21.7. The lowest BCUT2D eigenvalue weighted by molar-refractivity contribution is 0.283. The van der Waals surface area contributed by atoms with E-state index in [-0.39, 0.29) is 12.4 Å². The van der Waals surface area contributed by atoms with E-state index >= 15 is 0 Å². The fourth-order valence-corrected chi connectivity index (χ4v) is 1.64. The topological polar surface area (TPSA) is 71.0 Å². The number of aliphatic hydroxyl groups excluding tert-OH is 1. The van der Waals surface area contributed by atoms with Crippen LogP contribution >= 0.6 is 0 Å². The molecular weight excluding hydrogens is 234 g/mol. The zero-order chi connectivity index (χ0) is 13.4. The van der Waals surface area contributed by atoms with Gasteiger partial charge < -0.3 is 25.0 Å². The number of nitrogens with one attached hydrogen (secondary N) is 1. The van der Waals surface area contributed by atoms with Crippen molar-refractivity contribution in [1.29, 1.82) is 0 Å². The summed E-state index contributed by atoms with van der Waals surface area (Å²) in [4.78, 5) is 0. The predicted molar refractivity (Wildman–Crippen MR) is 69.2 cm³/mol. The minimum atomic E-state index is 0.0176. The number of hydrogen-bond acceptors (Lipinski definition) is 5. The van der Waals surface area contributed by atoms with Gasteiger partial charge in [-0.2, -0.15) is 0 Å². The average molecular weight is 255 g/mol. The third kappa shape index (κ3) is 4.09. The minimum Gasteiger partial charge on any atom is -0.502 e. The Morgan fingerprint density at radius 1 is 1.11 bits per heavy atom. The largest absolute Gasteiger partial charge is 0.502 e. The number of aromatic hydroxyl groups is 1. The normalized spacial score (nSPS) is 10.4. The van der Waals surface area contributed by atoms with Crippen molar-refractivity contribution in [3.63, 3.8) is 0 Å². The predicted octanol–water partition coefficient (Wildman–Crippen LogP) is 1.27. The maximum atomic E-state index is 9.76. The number of hydrogen-bond donors (Lipinski definition) is 3. The highest BCUT2D eigenvalue weighted by Crippen LogP contribution is 2.36. The summed E-state index contributed by atoms with van der Waals surface area (Å²) in [6.45, 7) is 1.73. The van der Waals surface area contributed by atoms with Gasteiger partial charge in [-0.1, -0.05) is 0 Å². The van der Waals surface area contributed by atoms with E-state index in [1.165, 1.54) is 14.2 Å². The van der Waals surface area contributed by atoms with Crippen molar-refractivity contribution < 1.29 is 19.7 Å². The average Bonchev–Trinajstić information content (AvgIpc) is 2.40. The highest BCUT2D eigenvalue weighted by atomic mass is 16.5.